The second-order valence-electron chi connectivity index (χ2n) is 4.88. The normalized spacial score (nSPS) is 18.3. The standard InChI is InChI=1S/C14H20N2O2S/c1-11(19-13-4-2-3-7-15-13)14(18)16-8-5-12(10-17)6-9-16/h2-4,7,11-12,17H,5-6,8-10H2,1H3. The number of aliphatic hydroxyl groups is 1. The molecule has 1 unspecified atom stereocenters. The lowest BCUT2D eigenvalue weighted by Gasteiger charge is -2.32. The Morgan fingerprint density at radius 1 is 1.53 bits per heavy atom. The molecule has 2 heterocycles. The minimum atomic E-state index is -0.111. The van der Waals surface area contributed by atoms with E-state index in [1.807, 2.05) is 30.0 Å². The summed E-state index contributed by atoms with van der Waals surface area (Å²) in [6, 6.07) is 5.72. The number of carbonyl (C=O) groups is 1. The molecule has 1 N–H and O–H groups in total. The minimum absolute atomic E-state index is 0.111. The molecule has 0 aliphatic carbocycles. The average Bonchev–Trinajstić information content (AvgIpc) is 2.47. The molecule has 2 rings (SSSR count). The largest absolute Gasteiger partial charge is 0.396 e. The first-order valence-electron chi connectivity index (χ1n) is 6.68. The summed E-state index contributed by atoms with van der Waals surface area (Å²) in [6.45, 7) is 3.69. The summed E-state index contributed by atoms with van der Waals surface area (Å²) in [7, 11) is 0. The third-order valence-corrected chi connectivity index (χ3v) is 4.51. The Hall–Kier alpha value is -1.07. The SMILES string of the molecule is CC(Sc1ccccn1)C(=O)N1CCC(CO)CC1. The smallest absolute Gasteiger partial charge is 0.235 e. The van der Waals surface area contributed by atoms with Crippen LogP contribution in [0.3, 0.4) is 0 Å². The summed E-state index contributed by atoms with van der Waals surface area (Å²) in [5.74, 6) is 0.537. The van der Waals surface area contributed by atoms with Gasteiger partial charge in [0.1, 0.15) is 0 Å². The molecule has 1 aromatic rings. The lowest BCUT2D eigenvalue weighted by molar-refractivity contribution is -0.131. The van der Waals surface area contributed by atoms with Crippen molar-refractivity contribution in [1.29, 1.82) is 0 Å². The number of piperidine rings is 1. The zero-order valence-electron chi connectivity index (χ0n) is 11.2. The second-order valence-corrected chi connectivity index (χ2v) is 6.24. The third-order valence-electron chi connectivity index (χ3n) is 3.47. The second kappa shape index (κ2) is 6.91. The fourth-order valence-corrected chi connectivity index (χ4v) is 3.13. The van der Waals surface area contributed by atoms with Gasteiger partial charge in [0.2, 0.25) is 5.91 Å². The van der Waals surface area contributed by atoms with Crippen LogP contribution in [0.15, 0.2) is 29.4 Å². The number of rotatable bonds is 4. The van der Waals surface area contributed by atoms with Crippen LogP contribution >= 0.6 is 11.8 Å². The Morgan fingerprint density at radius 3 is 2.84 bits per heavy atom. The molecule has 104 valence electrons. The van der Waals surface area contributed by atoms with Crippen molar-refractivity contribution in [3.05, 3.63) is 24.4 Å². The van der Waals surface area contributed by atoms with Crippen LogP contribution in [-0.2, 0) is 4.79 Å². The zero-order valence-corrected chi connectivity index (χ0v) is 12.0. The monoisotopic (exact) mass is 280 g/mol. The fourth-order valence-electron chi connectivity index (χ4n) is 2.24. The van der Waals surface area contributed by atoms with Gasteiger partial charge in [0.05, 0.1) is 10.3 Å². The Bertz CT molecular complexity index is 405. The first kappa shape index (κ1) is 14.3. The number of pyridine rings is 1. The van der Waals surface area contributed by atoms with Gasteiger partial charge in [-0.1, -0.05) is 17.8 Å². The van der Waals surface area contributed by atoms with Gasteiger partial charge in [0.15, 0.2) is 0 Å². The van der Waals surface area contributed by atoms with Gasteiger partial charge >= 0.3 is 0 Å². The average molecular weight is 280 g/mol. The van der Waals surface area contributed by atoms with Crippen LogP contribution in [0.1, 0.15) is 19.8 Å². The van der Waals surface area contributed by atoms with Gasteiger partial charge in [0.25, 0.3) is 0 Å². The van der Waals surface area contributed by atoms with Crippen LogP contribution in [-0.4, -0.2) is 45.8 Å². The minimum Gasteiger partial charge on any atom is -0.396 e. The molecule has 5 heteroatoms. The highest BCUT2D eigenvalue weighted by atomic mass is 32.2. The van der Waals surface area contributed by atoms with E-state index in [-0.39, 0.29) is 17.8 Å². The van der Waals surface area contributed by atoms with Crippen molar-refractivity contribution in [2.75, 3.05) is 19.7 Å². The molecule has 0 saturated carbocycles. The molecule has 1 amide bonds. The van der Waals surface area contributed by atoms with Gasteiger partial charge in [0, 0.05) is 25.9 Å². The van der Waals surface area contributed by atoms with Crippen LogP contribution in [0.4, 0.5) is 0 Å². The molecule has 0 bridgehead atoms. The van der Waals surface area contributed by atoms with E-state index in [1.165, 1.54) is 11.8 Å². The molecule has 1 aliphatic heterocycles. The quantitative estimate of drug-likeness (QED) is 0.854. The highest BCUT2D eigenvalue weighted by Crippen LogP contribution is 2.24. The van der Waals surface area contributed by atoms with E-state index in [2.05, 4.69) is 4.98 Å². The molecule has 0 radical (unpaired) electrons. The summed E-state index contributed by atoms with van der Waals surface area (Å²) in [5, 5.41) is 9.88. The highest BCUT2D eigenvalue weighted by Gasteiger charge is 2.26. The lowest BCUT2D eigenvalue weighted by Crippen LogP contribution is -2.42. The number of aromatic nitrogens is 1. The molecule has 1 aliphatic rings. The maximum Gasteiger partial charge on any atom is 0.235 e. The summed E-state index contributed by atoms with van der Waals surface area (Å²) >= 11 is 1.50. The number of aliphatic hydroxyl groups excluding tert-OH is 1. The number of hydrogen-bond donors (Lipinski definition) is 1. The van der Waals surface area contributed by atoms with Gasteiger partial charge < -0.3 is 10.0 Å². The lowest BCUT2D eigenvalue weighted by atomic mass is 9.98. The molecule has 1 fully saturated rings. The molecule has 1 saturated heterocycles. The predicted octanol–water partition coefficient (Wildman–Crippen LogP) is 1.79. The molecule has 0 aromatic carbocycles. The van der Waals surface area contributed by atoms with Crippen molar-refractivity contribution in [1.82, 2.24) is 9.88 Å². The maximum atomic E-state index is 12.3. The predicted molar refractivity (Wildman–Crippen MR) is 75.9 cm³/mol. The molecule has 0 spiro atoms. The van der Waals surface area contributed by atoms with Crippen molar-refractivity contribution in [2.24, 2.45) is 5.92 Å². The Labute approximate surface area is 118 Å². The van der Waals surface area contributed by atoms with E-state index in [0.29, 0.717) is 5.92 Å². The van der Waals surface area contributed by atoms with E-state index in [1.54, 1.807) is 6.20 Å². The van der Waals surface area contributed by atoms with Crippen LogP contribution in [0.2, 0.25) is 0 Å². The molecule has 19 heavy (non-hydrogen) atoms. The number of carbonyl (C=O) groups excluding carboxylic acids is 1. The number of hydrogen-bond acceptors (Lipinski definition) is 4. The van der Waals surface area contributed by atoms with Crippen LogP contribution < -0.4 is 0 Å². The maximum absolute atomic E-state index is 12.3. The summed E-state index contributed by atoms with van der Waals surface area (Å²) in [5.41, 5.74) is 0. The van der Waals surface area contributed by atoms with E-state index in [4.69, 9.17) is 5.11 Å². The highest BCUT2D eigenvalue weighted by molar-refractivity contribution is 8.00. The van der Waals surface area contributed by atoms with E-state index in [0.717, 1.165) is 31.0 Å². The van der Waals surface area contributed by atoms with E-state index >= 15 is 0 Å². The van der Waals surface area contributed by atoms with Crippen LogP contribution in [0.5, 0.6) is 0 Å². The molecule has 1 atom stereocenters. The fraction of sp³-hybridized carbons (Fsp3) is 0.571. The van der Waals surface area contributed by atoms with Gasteiger partial charge in [-0.3, -0.25) is 4.79 Å². The van der Waals surface area contributed by atoms with Gasteiger partial charge in [-0.05, 0) is 37.8 Å². The van der Waals surface area contributed by atoms with Crippen molar-refractivity contribution in [3.8, 4) is 0 Å². The van der Waals surface area contributed by atoms with Crippen molar-refractivity contribution >= 4 is 17.7 Å². The summed E-state index contributed by atoms with van der Waals surface area (Å²) in [6.07, 6.45) is 3.55. The zero-order chi connectivity index (χ0) is 13.7. The number of amides is 1. The summed E-state index contributed by atoms with van der Waals surface area (Å²) in [4.78, 5) is 18.5. The topological polar surface area (TPSA) is 53.4 Å². The Kier molecular flexibility index (Phi) is 5.22. The van der Waals surface area contributed by atoms with Gasteiger partial charge in [-0.2, -0.15) is 0 Å². The Morgan fingerprint density at radius 2 is 2.26 bits per heavy atom. The number of nitrogens with zero attached hydrogens (tertiary/aromatic N) is 2. The molecular weight excluding hydrogens is 260 g/mol. The van der Waals surface area contributed by atoms with E-state index < -0.39 is 0 Å². The van der Waals surface area contributed by atoms with Gasteiger partial charge in [-0.15, -0.1) is 0 Å². The molecule has 1 aromatic heterocycles. The number of likely N-dealkylation sites (tertiary alicyclic amines) is 1. The molecule has 4 nitrogen and oxygen atoms in total. The van der Waals surface area contributed by atoms with Crippen molar-refractivity contribution in [2.45, 2.75) is 30.0 Å². The number of thioether (sulfide) groups is 1. The van der Waals surface area contributed by atoms with Crippen molar-refractivity contribution in [3.63, 3.8) is 0 Å². The summed E-state index contributed by atoms with van der Waals surface area (Å²) < 4.78 is 0. The van der Waals surface area contributed by atoms with Crippen molar-refractivity contribution < 1.29 is 9.90 Å². The Balaban J connectivity index is 1.86. The third kappa shape index (κ3) is 3.94. The van der Waals surface area contributed by atoms with E-state index in [9.17, 15) is 4.79 Å². The first-order valence-corrected chi connectivity index (χ1v) is 7.56. The molecular formula is C14H20N2O2S. The van der Waals surface area contributed by atoms with Crippen LogP contribution in [0.25, 0.3) is 0 Å². The van der Waals surface area contributed by atoms with Crippen LogP contribution in [0, 0.1) is 5.92 Å². The van der Waals surface area contributed by atoms with Gasteiger partial charge in [-0.25, -0.2) is 4.98 Å². The first-order chi connectivity index (χ1) is 9.20.